The number of carbonyl (C=O) groups excluding carboxylic acids is 1. The van der Waals surface area contributed by atoms with Crippen LogP contribution in [0.4, 0.5) is 4.39 Å². The van der Waals surface area contributed by atoms with Gasteiger partial charge in [-0.25, -0.2) is 4.39 Å². The minimum absolute atomic E-state index is 0.0344. The summed E-state index contributed by atoms with van der Waals surface area (Å²) < 4.78 is 13.7. The van der Waals surface area contributed by atoms with Crippen LogP contribution in [0.2, 0.25) is 5.02 Å². The average Bonchev–Trinajstić information content (AvgIpc) is 3.14. The molecule has 25 heavy (non-hydrogen) atoms. The van der Waals surface area contributed by atoms with E-state index in [1.165, 1.54) is 18.2 Å². The van der Waals surface area contributed by atoms with Crippen molar-refractivity contribution in [3.8, 4) is 11.1 Å². The Morgan fingerprint density at radius 1 is 1.16 bits per heavy atom. The van der Waals surface area contributed by atoms with Crippen molar-refractivity contribution in [2.24, 2.45) is 0 Å². The highest BCUT2D eigenvalue weighted by molar-refractivity contribution is 7.08. The molecule has 0 aliphatic rings. The topological polar surface area (TPSA) is 49.3 Å². The largest absolute Gasteiger partial charge is 0.387 e. The SMILES string of the molecule is O=C(NCC(O)c1ccc(-c2ccsc2)cc1)c1c(F)cccc1Cl. The minimum Gasteiger partial charge on any atom is -0.387 e. The number of aliphatic hydroxyl groups excluding tert-OH is 1. The molecule has 0 radical (unpaired) electrons. The Hall–Kier alpha value is -2.21. The third kappa shape index (κ3) is 4.07. The van der Waals surface area contributed by atoms with Gasteiger partial charge in [0.1, 0.15) is 5.82 Å². The van der Waals surface area contributed by atoms with Crippen LogP contribution in [-0.2, 0) is 0 Å². The molecule has 2 N–H and O–H groups in total. The summed E-state index contributed by atoms with van der Waals surface area (Å²) in [5, 5.41) is 16.8. The lowest BCUT2D eigenvalue weighted by molar-refractivity contribution is 0.0912. The van der Waals surface area contributed by atoms with E-state index in [9.17, 15) is 14.3 Å². The number of hydrogen-bond acceptors (Lipinski definition) is 3. The molecule has 0 saturated carbocycles. The maximum absolute atomic E-state index is 13.7. The van der Waals surface area contributed by atoms with Crippen molar-refractivity contribution in [2.75, 3.05) is 6.54 Å². The first-order valence-corrected chi connectivity index (χ1v) is 8.91. The van der Waals surface area contributed by atoms with Crippen LogP contribution in [0.3, 0.4) is 0 Å². The van der Waals surface area contributed by atoms with Gasteiger partial charge in [-0.05, 0) is 45.6 Å². The highest BCUT2D eigenvalue weighted by Crippen LogP contribution is 2.24. The fourth-order valence-electron chi connectivity index (χ4n) is 2.44. The van der Waals surface area contributed by atoms with Gasteiger partial charge in [0, 0.05) is 6.54 Å². The summed E-state index contributed by atoms with van der Waals surface area (Å²) in [5.41, 5.74) is 2.62. The van der Waals surface area contributed by atoms with Crippen molar-refractivity contribution in [3.63, 3.8) is 0 Å². The van der Waals surface area contributed by atoms with Crippen molar-refractivity contribution in [1.82, 2.24) is 5.32 Å². The molecule has 128 valence electrons. The number of aliphatic hydroxyl groups is 1. The molecular formula is C19H15ClFNO2S. The van der Waals surface area contributed by atoms with Crippen LogP contribution in [0, 0.1) is 5.82 Å². The number of amides is 1. The molecule has 6 heteroatoms. The third-order valence-electron chi connectivity index (χ3n) is 3.80. The summed E-state index contributed by atoms with van der Waals surface area (Å²) in [6.07, 6.45) is -0.897. The van der Waals surface area contributed by atoms with E-state index < -0.39 is 17.8 Å². The van der Waals surface area contributed by atoms with E-state index in [0.29, 0.717) is 5.56 Å². The molecule has 0 bridgehead atoms. The van der Waals surface area contributed by atoms with Crippen LogP contribution in [0.1, 0.15) is 22.0 Å². The summed E-state index contributed by atoms with van der Waals surface area (Å²) in [5.74, 6) is -1.35. The van der Waals surface area contributed by atoms with Crippen LogP contribution in [-0.4, -0.2) is 17.6 Å². The van der Waals surface area contributed by atoms with Crippen LogP contribution in [0.25, 0.3) is 11.1 Å². The lowest BCUT2D eigenvalue weighted by Gasteiger charge is -2.13. The minimum atomic E-state index is -0.897. The van der Waals surface area contributed by atoms with Gasteiger partial charge in [0.05, 0.1) is 16.7 Å². The maximum atomic E-state index is 13.7. The molecule has 0 aliphatic heterocycles. The standard InChI is InChI=1S/C19H15ClFNO2S/c20-15-2-1-3-16(21)18(15)19(24)22-10-17(23)13-6-4-12(5-7-13)14-8-9-25-11-14/h1-9,11,17,23H,10H2,(H,22,24). The Labute approximate surface area is 153 Å². The van der Waals surface area contributed by atoms with E-state index in [1.54, 1.807) is 23.5 Å². The fraction of sp³-hybridized carbons (Fsp3) is 0.105. The molecule has 1 aromatic heterocycles. The summed E-state index contributed by atoms with van der Waals surface area (Å²) >= 11 is 7.48. The maximum Gasteiger partial charge on any atom is 0.255 e. The number of halogens is 2. The summed E-state index contributed by atoms with van der Waals surface area (Å²) in [7, 11) is 0. The Morgan fingerprint density at radius 2 is 1.92 bits per heavy atom. The van der Waals surface area contributed by atoms with Gasteiger partial charge in [-0.2, -0.15) is 11.3 Å². The predicted octanol–water partition coefficient (Wildman–Crippen LogP) is 4.67. The molecule has 3 rings (SSSR count). The first-order valence-electron chi connectivity index (χ1n) is 7.59. The van der Waals surface area contributed by atoms with E-state index in [-0.39, 0.29) is 17.1 Å². The Balaban J connectivity index is 1.64. The zero-order valence-electron chi connectivity index (χ0n) is 13.1. The summed E-state index contributed by atoms with van der Waals surface area (Å²) in [4.78, 5) is 12.1. The van der Waals surface area contributed by atoms with Crippen LogP contribution < -0.4 is 5.32 Å². The van der Waals surface area contributed by atoms with Crippen molar-refractivity contribution in [2.45, 2.75) is 6.10 Å². The number of benzene rings is 2. The summed E-state index contributed by atoms with van der Waals surface area (Å²) in [6.45, 7) is -0.0404. The lowest BCUT2D eigenvalue weighted by Crippen LogP contribution is -2.29. The van der Waals surface area contributed by atoms with E-state index in [1.807, 2.05) is 29.0 Å². The summed E-state index contributed by atoms with van der Waals surface area (Å²) in [6, 6.07) is 13.5. The monoisotopic (exact) mass is 375 g/mol. The second-order valence-electron chi connectivity index (χ2n) is 5.46. The van der Waals surface area contributed by atoms with Gasteiger partial charge < -0.3 is 10.4 Å². The van der Waals surface area contributed by atoms with Gasteiger partial charge in [0.2, 0.25) is 0 Å². The smallest absolute Gasteiger partial charge is 0.255 e. The number of hydrogen-bond donors (Lipinski definition) is 2. The Bertz CT molecular complexity index is 845. The number of rotatable bonds is 5. The Morgan fingerprint density at radius 3 is 2.56 bits per heavy atom. The molecule has 1 amide bonds. The van der Waals surface area contributed by atoms with Crippen molar-refractivity contribution >= 4 is 28.8 Å². The Kier molecular flexibility index (Phi) is 5.48. The number of thiophene rings is 1. The molecule has 0 fully saturated rings. The van der Waals surface area contributed by atoms with Gasteiger partial charge >= 0.3 is 0 Å². The number of carbonyl (C=O) groups is 1. The predicted molar refractivity (Wildman–Crippen MR) is 98.5 cm³/mol. The zero-order chi connectivity index (χ0) is 17.8. The zero-order valence-corrected chi connectivity index (χ0v) is 14.7. The van der Waals surface area contributed by atoms with Crippen molar-refractivity contribution < 1.29 is 14.3 Å². The molecular weight excluding hydrogens is 361 g/mol. The molecule has 0 saturated heterocycles. The third-order valence-corrected chi connectivity index (χ3v) is 4.79. The fourth-order valence-corrected chi connectivity index (χ4v) is 3.35. The molecule has 0 aliphatic carbocycles. The van der Waals surface area contributed by atoms with E-state index in [2.05, 4.69) is 5.32 Å². The second kappa shape index (κ2) is 7.78. The molecule has 3 nitrogen and oxygen atoms in total. The molecule has 2 aromatic carbocycles. The van der Waals surface area contributed by atoms with Crippen molar-refractivity contribution in [1.29, 1.82) is 0 Å². The normalized spacial score (nSPS) is 12.0. The average molecular weight is 376 g/mol. The molecule has 0 spiro atoms. The van der Waals surface area contributed by atoms with E-state index >= 15 is 0 Å². The van der Waals surface area contributed by atoms with Crippen LogP contribution in [0.5, 0.6) is 0 Å². The molecule has 1 unspecified atom stereocenters. The van der Waals surface area contributed by atoms with Gasteiger partial charge in [0.15, 0.2) is 0 Å². The number of nitrogens with one attached hydrogen (secondary N) is 1. The highest BCUT2D eigenvalue weighted by Gasteiger charge is 2.17. The highest BCUT2D eigenvalue weighted by atomic mass is 35.5. The molecule has 1 atom stereocenters. The first kappa shape index (κ1) is 17.6. The molecule has 3 aromatic rings. The van der Waals surface area contributed by atoms with Crippen LogP contribution in [0.15, 0.2) is 59.3 Å². The van der Waals surface area contributed by atoms with Gasteiger partial charge in [0.25, 0.3) is 5.91 Å². The van der Waals surface area contributed by atoms with Crippen LogP contribution >= 0.6 is 22.9 Å². The molecule has 1 heterocycles. The van der Waals surface area contributed by atoms with E-state index in [0.717, 1.165) is 11.1 Å². The van der Waals surface area contributed by atoms with E-state index in [4.69, 9.17) is 11.6 Å². The second-order valence-corrected chi connectivity index (χ2v) is 6.64. The van der Waals surface area contributed by atoms with Gasteiger partial charge in [-0.15, -0.1) is 0 Å². The first-order chi connectivity index (χ1) is 12.1. The quantitative estimate of drug-likeness (QED) is 0.680. The van der Waals surface area contributed by atoms with Gasteiger partial charge in [-0.3, -0.25) is 4.79 Å². The van der Waals surface area contributed by atoms with Crippen molar-refractivity contribution in [3.05, 3.63) is 81.3 Å². The van der Waals surface area contributed by atoms with Gasteiger partial charge in [-0.1, -0.05) is 41.9 Å². The lowest BCUT2D eigenvalue weighted by atomic mass is 10.0.